The number of amides is 1. The number of fused-ring (bicyclic) bond motifs is 1. The number of likely N-dealkylation sites (tertiary alicyclic amines) is 1. The molecule has 0 aliphatic carbocycles. The molecule has 1 aromatic rings. The van der Waals surface area contributed by atoms with Gasteiger partial charge in [0.15, 0.2) is 5.78 Å². The third-order valence-electron chi connectivity index (χ3n) is 4.25. The van der Waals surface area contributed by atoms with Gasteiger partial charge in [-0.15, -0.1) is 0 Å². The van der Waals surface area contributed by atoms with Crippen molar-refractivity contribution in [2.24, 2.45) is 11.5 Å². The van der Waals surface area contributed by atoms with Gasteiger partial charge in [-0.3, -0.25) is 9.59 Å². The predicted octanol–water partition coefficient (Wildman–Crippen LogP) is -0.417. The SMILES string of the molecule is NC(C(=O)N1CCC2OCC(=O)C21)C(N)c1ccccc1. The number of ketones is 1. The summed E-state index contributed by atoms with van der Waals surface area (Å²) >= 11 is 0. The number of carbonyl (C=O) groups excluding carboxylic acids is 2. The molecule has 2 aliphatic heterocycles. The van der Waals surface area contributed by atoms with E-state index in [-0.39, 0.29) is 24.4 Å². The van der Waals surface area contributed by atoms with Gasteiger partial charge in [0, 0.05) is 6.54 Å². The fraction of sp³-hybridized carbons (Fsp3) is 0.467. The maximum absolute atomic E-state index is 12.6. The Bertz CT molecular complexity index is 548. The van der Waals surface area contributed by atoms with Crippen LogP contribution in [-0.2, 0) is 14.3 Å². The van der Waals surface area contributed by atoms with Crippen molar-refractivity contribution in [3.05, 3.63) is 35.9 Å². The summed E-state index contributed by atoms with van der Waals surface area (Å²) in [6, 6.07) is 7.34. The van der Waals surface area contributed by atoms with Crippen molar-refractivity contribution < 1.29 is 14.3 Å². The lowest BCUT2D eigenvalue weighted by Gasteiger charge is -2.28. The topological polar surface area (TPSA) is 98.6 Å². The number of nitrogens with zero attached hydrogens (tertiary/aromatic N) is 1. The summed E-state index contributed by atoms with van der Waals surface area (Å²) in [5.41, 5.74) is 12.9. The van der Waals surface area contributed by atoms with Gasteiger partial charge in [-0.25, -0.2) is 0 Å². The molecule has 3 rings (SSSR count). The van der Waals surface area contributed by atoms with Crippen LogP contribution in [0.3, 0.4) is 0 Å². The Morgan fingerprint density at radius 1 is 1.29 bits per heavy atom. The first-order valence-corrected chi connectivity index (χ1v) is 7.10. The monoisotopic (exact) mass is 289 g/mol. The van der Waals surface area contributed by atoms with E-state index in [9.17, 15) is 9.59 Å². The molecule has 2 fully saturated rings. The first-order chi connectivity index (χ1) is 10.1. The van der Waals surface area contributed by atoms with E-state index in [1.54, 1.807) is 0 Å². The second-order valence-electron chi connectivity index (χ2n) is 5.54. The van der Waals surface area contributed by atoms with Crippen molar-refractivity contribution in [2.45, 2.75) is 30.7 Å². The average molecular weight is 289 g/mol. The third kappa shape index (κ3) is 2.46. The summed E-state index contributed by atoms with van der Waals surface area (Å²) in [5.74, 6) is -0.330. The first kappa shape index (κ1) is 14.2. The molecule has 2 aliphatic rings. The predicted molar refractivity (Wildman–Crippen MR) is 76.2 cm³/mol. The normalized spacial score (nSPS) is 27.5. The number of rotatable bonds is 3. The highest BCUT2D eigenvalue weighted by molar-refractivity contribution is 5.94. The van der Waals surface area contributed by atoms with Crippen LogP contribution in [0.5, 0.6) is 0 Å². The standard InChI is InChI=1S/C15H19N3O3/c16-12(9-4-2-1-3-5-9)13(17)15(20)18-7-6-11-14(18)10(19)8-21-11/h1-5,11-14H,6-8,16-17H2. The van der Waals surface area contributed by atoms with Crippen LogP contribution < -0.4 is 11.5 Å². The van der Waals surface area contributed by atoms with Gasteiger partial charge < -0.3 is 21.1 Å². The molecular formula is C15H19N3O3. The molecule has 4 atom stereocenters. The number of benzene rings is 1. The second-order valence-corrected chi connectivity index (χ2v) is 5.54. The van der Waals surface area contributed by atoms with Crippen LogP contribution in [0.4, 0.5) is 0 Å². The zero-order valence-electron chi connectivity index (χ0n) is 11.6. The molecule has 21 heavy (non-hydrogen) atoms. The Morgan fingerprint density at radius 2 is 2.00 bits per heavy atom. The first-order valence-electron chi connectivity index (χ1n) is 7.10. The lowest BCUT2D eigenvalue weighted by molar-refractivity contribution is -0.137. The van der Waals surface area contributed by atoms with Gasteiger partial charge in [0.1, 0.15) is 18.7 Å². The molecule has 6 nitrogen and oxygen atoms in total. The van der Waals surface area contributed by atoms with Crippen molar-refractivity contribution >= 4 is 11.7 Å². The number of nitrogens with two attached hydrogens (primary N) is 2. The maximum atomic E-state index is 12.6. The Kier molecular flexibility index (Phi) is 3.75. The minimum atomic E-state index is -0.862. The fourth-order valence-electron chi connectivity index (χ4n) is 3.07. The molecule has 0 bridgehead atoms. The quantitative estimate of drug-likeness (QED) is 0.787. The summed E-state index contributed by atoms with van der Waals surface area (Å²) in [6.07, 6.45) is 0.497. The smallest absolute Gasteiger partial charge is 0.242 e. The van der Waals surface area contributed by atoms with Crippen molar-refractivity contribution in [1.82, 2.24) is 4.90 Å². The molecule has 4 N–H and O–H groups in total. The van der Waals surface area contributed by atoms with Crippen LogP contribution >= 0.6 is 0 Å². The third-order valence-corrected chi connectivity index (χ3v) is 4.25. The largest absolute Gasteiger partial charge is 0.368 e. The molecule has 1 amide bonds. The van der Waals surface area contributed by atoms with Crippen LogP contribution in [0.2, 0.25) is 0 Å². The number of ether oxygens (including phenoxy) is 1. The molecule has 0 saturated carbocycles. The van der Waals surface area contributed by atoms with Crippen molar-refractivity contribution in [1.29, 1.82) is 0 Å². The minimum Gasteiger partial charge on any atom is -0.368 e. The molecule has 0 radical (unpaired) electrons. The van der Waals surface area contributed by atoms with E-state index in [2.05, 4.69) is 0 Å². The van der Waals surface area contributed by atoms with E-state index in [4.69, 9.17) is 16.2 Å². The van der Waals surface area contributed by atoms with Gasteiger partial charge in [-0.2, -0.15) is 0 Å². The molecule has 0 spiro atoms. The highest BCUT2D eigenvalue weighted by Crippen LogP contribution is 2.28. The Labute approximate surface area is 123 Å². The van der Waals surface area contributed by atoms with E-state index >= 15 is 0 Å². The molecule has 2 saturated heterocycles. The van der Waals surface area contributed by atoms with Crippen LogP contribution in [0, 0.1) is 0 Å². The summed E-state index contributed by atoms with van der Waals surface area (Å²) < 4.78 is 5.38. The van der Waals surface area contributed by atoms with E-state index < -0.39 is 18.1 Å². The second kappa shape index (κ2) is 5.55. The van der Waals surface area contributed by atoms with Gasteiger partial charge in [-0.05, 0) is 12.0 Å². The van der Waals surface area contributed by atoms with E-state index in [1.807, 2.05) is 30.3 Å². The molecular weight excluding hydrogens is 270 g/mol. The number of Topliss-reactive ketones (excluding diaryl/α,β-unsaturated/α-hetero) is 1. The minimum absolute atomic E-state index is 0.0497. The highest BCUT2D eigenvalue weighted by Gasteiger charge is 2.48. The number of carbonyl (C=O) groups is 2. The fourth-order valence-corrected chi connectivity index (χ4v) is 3.07. The Balaban J connectivity index is 1.74. The Hall–Kier alpha value is -1.76. The van der Waals surface area contributed by atoms with Gasteiger partial charge in [0.05, 0.1) is 12.1 Å². The van der Waals surface area contributed by atoms with Crippen LogP contribution in [0.1, 0.15) is 18.0 Å². The van der Waals surface area contributed by atoms with Crippen LogP contribution in [-0.4, -0.2) is 47.9 Å². The van der Waals surface area contributed by atoms with E-state index in [0.717, 1.165) is 5.56 Å². The lowest BCUT2D eigenvalue weighted by Crippen LogP contribution is -2.52. The van der Waals surface area contributed by atoms with Gasteiger partial charge in [0.2, 0.25) is 5.91 Å². The number of hydrogen-bond acceptors (Lipinski definition) is 5. The summed E-state index contributed by atoms with van der Waals surface area (Å²) in [7, 11) is 0. The molecule has 2 heterocycles. The zero-order chi connectivity index (χ0) is 15.0. The van der Waals surface area contributed by atoms with Crippen molar-refractivity contribution in [3.63, 3.8) is 0 Å². The summed E-state index contributed by atoms with van der Waals surface area (Å²) in [4.78, 5) is 25.9. The highest BCUT2D eigenvalue weighted by atomic mass is 16.5. The molecule has 1 aromatic carbocycles. The molecule has 112 valence electrons. The van der Waals surface area contributed by atoms with Gasteiger partial charge in [0.25, 0.3) is 0 Å². The summed E-state index contributed by atoms with van der Waals surface area (Å²) in [6.45, 7) is 0.578. The molecule has 6 heteroatoms. The number of hydrogen-bond donors (Lipinski definition) is 2. The molecule has 0 aromatic heterocycles. The molecule has 4 unspecified atom stereocenters. The zero-order valence-corrected chi connectivity index (χ0v) is 11.6. The van der Waals surface area contributed by atoms with Crippen LogP contribution in [0.25, 0.3) is 0 Å². The van der Waals surface area contributed by atoms with Crippen LogP contribution in [0.15, 0.2) is 30.3 Å². The lowest BCUT2D eigenvalue weighted by atomic mass is 9.99. The van der Waals surface area contributed by atoms with E-state index in [0.29, 0.717) is 13.0 Å². The summed E-state index contributed by atoms with van der Waals surface area (Å²) in [5, 5.41) is 0. The van der Waals surface area contributed by atoms with Crippen molar-refractivity contribution in [2.75, 3.05) is 13.2 Å². The van der Waals surface area contributed by atoms with Gasteiger partial charge in [-0.1, -0.05) is 30.3 Å². The van der Waals surface area contributed by atoms with Crippen molar-refractivity contribution in [3.8, 4) is 0 Å². The maximum Gasteiger partial charge on any atom is 0.242 e. The van der Waals surface area contributed by atoms with Gasteiger partial charge >= 0.3 is 0 Å². The average Bonchev–Trinajstić information content (AvgIpc) is 3.09. The van der Waals surface area contributed by atoms with E-state index in [1.165, 1.54) is 4.90 Å². The Morgan fingerprint density at radius 3 is 2.71 bits per heavy atom.